The lowest BCUT2D eigenvalue weighted by Crippen LogP contribution is -2.29. The molecule has 0 fully saturated rings. The molecule has 0 aliphatic heterocycles. The number of anilines is 1. The van der Waals surface area contributed by atoms with Gasteiger partial charge in [-0.2, -0.15) is 13.2 Å². The van der Waals surface area contributed by atoms with Crippen LogP contribution < -0.4 is 5.32 Å². The van der Waals surface area contributed by atoms with Crippen molar-refractivity contribution < 1.29 is 23.1 Å². The normalized spacial score (nSPS) is 13.1. The summed E-state index contributed by atoms with van der Waals surface area (Å²) < 4.78 is 37.4. The van der Waals surface area contributed by atoms with Gasteiger partial charge in [-0.1, -0.05) is 19.4 Å². The second-order valence-corrected chi connectivity index (χ2v) is 3.90. The lowest BCUT2D eigenvalue weighted by Gasteiger charge is -2.16. The zero-order chi connectivity index (χ0) is 13.8. The molecule has 2 N–H and O–H groups in total. The highest BCUT2D eigenvalue weighted by atomic mass is 19.4. The molecule has 3 nitrogen and oxygen atoms in total. The molecule has 0 aliphatic carbocycles. The second kappa shape index (κ2) is 5.75. The molecule has 0 saturated heterocycles. The Bertz CT molecular complexity index is 418. The van der Waals surface area contributed by atoms with E-state index >= 15 is 0 Å². The van der Waals surface area contributed by atoms with Gasteiger partial charge in [-0.15, -0.1) is 0 Å². The van der Waals surface area contributed by atoms with Crippen molar-refractivity contribution in [1.82, 2.24) is 0 Å². The van der Waals surface area contributed by atoms with Crippen molar-refractivity contribution in [2.45, 2.75) is 32.0 Å². The summed E-state index contributed by atoms with van der Waals surface area (Å²) in [5.41, 5.74) is -0.640. The average Bonchev–Trinajstić information content (AvgIpc) is 2.27. The lowest BCUT2D eigenvalue weighted by atomic mass is 10.1. The summed E-state index contributed by atoms with van der Waals surface area (Å²) in [7, 11) is 0. The minimum Gasteiger partial charge on any atom is -0.480 e. The minimum atomic E-state index is -4.43. The number of aliphatic carboxylic acids is 1. The van der Waals surface area contributed by atoms with Gasteiger partial charge < -0.3 is 10.4 Å². The summed E-state index contributed by atoms with van der Waals surface area (Å²) in [6.07, 6.45) is -3.45. The monoisotopic (exact) mass is 261 g/mol. The van der Waals surface area contributed by atoms with E-state index in [9.17, 15) is 18.0 Å². The molecule has 1 rings (SSSR count). The number of carboxylic acid groups (broad SMARTS) is 1. The van der Waals surface area contributed by atoms with Crippen molar-refractivity contribution in [3.05, 3.63) is 29.8 Å². The molecule has 1 aromatic rings. The van der Waals surface area contributed by atoms with Gasteiger partial charge in [-0.25, -0.2) is 4.79 Å². The Morgan fingerprint density at radius 3 is 2.61 bits per heavy atom. The summed E-state index contributed by atoms with van der Waals surface area (Å²) >= 11 is 0. The van der Waals surface area contributed by atoms with Crippen LogP contribution in [0.25, 0.3) is 0 Å². The van der Waals surface area contributed by atoms with E-state index < -0.39 is 23.8 Å². The molecule has 1 atom stereocenters. The number of hydrogen-bond donors (Lipinski definition) is 2. The van der Waals surface area contributed by atoms with Gasteiger partial charge in [0.1, 0.15) is 6.04 Å². The highest BCUT2D eigenvalue weighted by molar-refractivity contribution is 5.77. The van der Waals surface area contributed by atoms with Crippen molar-refractivity contribution in [2.75, 3.05) is 5.32 Å². The third-order valence-electron chi connectivity index (χ3n) is 2.41. The van der Waals surface area contributed by atoms with Crippen LogP contribution in [0.2, 0.25) is 0 Å². The fourth-order valence-electron chi connectivity index (χ4n) is 1.53. The predicted molar refractivity (Wildman–Crippen MR) is 61.4 cm³/mol. The second-order valence-electron chi connectivity index (χ2n) is 3.90. The molecule has 18 heavy (non-hydrogen) atoms. The highest BCUT2D eigenvalue weighted by Crippen LogP contribution is 2.30. The Kier molecular flexibility index (Phi) is 4.58. The molecule has 0 spiro atoms. The predicted octanol–water partition coefficient (Wildman–Crippen LogP) is 3.37. The lowest BCUT2D eigenvalue weighted by molar-refractivity contribution is -0.138. The molecule has 0 heterocycles. The molecule has 100 valence electrons. The van der Waals surface area contributed by atoms with Gasteiger partial charge in [0.25, 0.3) is 0 Å². The third kappa shape index (κ3) is 3.94. The number of halogens is 3. The van der Waals surface area contributed by atoms with Crippen LogP contribution in [0.15, 0.2) is 24.3 Å². The molecular weight excluding hydrogens is 247 g/mol. The van der Waals surface area contributed by atoms with Gasteiger partial charge in [0.2, 0.25) is 0 Å². The maximum absolute atomic E-state index is 12.5. The van der Waals surface area contributed by atoms with E-state index in [-0.39, 0.29) is 5.69 Å². The van der Waals surface area contributed by atoms with Crippen LogP contribution in [-0.2, 0) is 11.0 Å². The van der Waals surface area contributed by atoms with E-state index in [1.165, 1.54) is 12.1 Å². The molecule has 0 radical (unpaired) electrons. The van der Waals surface area contributed by atoms with Gasteiger partial charge in [0, 0.05) is 5.69 Å². The zero-order valence-corrected chi connectivity index (χ0v) is 9.79. The smallest absolute Gasteiger partial charge is 0.416 e. The van der Waals surface area contributed by atoms with Crippen molar-refractivity contribution >= 4 is 11.7 Å². The maximum atomic E-state index is 12.5. The van der Waals surface area contributed by atoms with Crippen LogP contribution in [-0.4, -0.2) is 17.1 Å². The van der Waals surface area contributed by atoms with Gasteiger partial charge >= 0.3 is 12.1 Å². The molecule has 0 unspecified atom stereocenters. The van der Waals surface area contributed by atoms with Crippen molar-refractivity contribution in [3.8, 4) is 0 Å². The molecule has 6 heteroatoms. The first-order valence-corrected chi connectivity index (χ1v) is 5.51. The van der Waals surface area contributed by atoms with Crippen LogP contribution in [0.5, 0.6) is 0 Å². The van der Waals surface area contributed by atoms with Crippen molar-refractivity contribution in [1.29, 1.82) is 0 Å². The Morgan fingerprint density at radius 2 is 2.11 bits per heavy atom. The quantitative estimate of drug-likeness (QED) is 0.854. The van der Waals surface area contributed by atoms with Crippen LogP contribution >= 0.6 is 0 Å². The molecule has 0 saturated carbocycles. The summed E-state index contributed by atoms with van der Waals surface area (Å²) in [6, 6.07) is 3.64. The summed E-state index contributed by atoms with van der Waals surface area (Å²) in [4.78, 5) is 10.9. The topological polar surface area (TPSA) is 49.3 Å². The Hall–Kier alpha value is -1.72. The molecule has 0 bridgehead atoms. The van der Waals surface area contributed by atoms with Crippen LogP contribution in [0.4, 0.5) is 18.9 Å². The van der Waals surface area contributed by atoms with Gasteiger partial charge in [-0.05, 0) is 24.6 Å². The maximum Gasteiger partial charge on any atom is 0.416 e. The highest BCUT2D eigenvalue weighted by Gasteiger charge is 2.30. The SMILES string of the molecule is CCC[C@H](Nc1cccc(C(F)(F)F)c1)C(=O)O. The first-order valence-electron chi connectivity index (χ1n) is 5.51. The zero-order valence-electron chi connectivity index (χ0n) is 9.79. The fraction of sp³-hybridized carbons (Fsp3) is 0.417. The first-order chi connectivity index (χ1) is 8.34. The number of rotatable bonds is 5. The number of benzene rings is 1. The number of hydrogen-bond acceptors (Lipinski definition) is 2. The van der Waals surface area contributed by atoms with Gasteiger partial charge in [-0.3, -0.25) is 0 Å². The Morgan fingerprint density at radius 1 is 1.44 bits per heavy atom. The van der Waals surface area contributed by atoms with Crippen molar-refractivity contribution in [2.24, 2.45) is 0 Å². The first kappa shape index (κ1) is 14.3. The molecular formula is C12H14F3NO2. The molecule has 0 aromatic heterocycles. The summed E-state index contributed by atoms with van der Waals surface area (Å²) in [5, 5.41) is 11.5. The number of alkyl halides is 3. The van der Waals surface area contributed by atoms with E-state index in [0.717, 1.165) is 12.1 Å². The third-order valence-corrected chi connectivity index (χ3v) is 2.41. The van der Waals surface area contributed by atoms with Gasteiger partial charge in [0.05, 0.1) is 5.56 Å². The van der Waals surface area contributed by atoms with E-state index in [4.69, 9.17) is 5.11 Å². The van der Waals surface area contributed by atoms with E-state index in [2.05, 4.69) is 5.32 Å². The summed E-state index contributed by atoms with van der Waals surface area (Å²) in [5.74, 6) is -1.07. The fourth-order valence-corrected chi connectivity index (χ4v) is 1.53. The van der Waals surface area contributed by atoms with Crippen molar-refractivity contribution in [3.63, 3.8) is 0 Å². The summed E-state index contributed by atoms with van der Waals surface area (Å²) in [6.45, 7) is 1.81. The van der Waals surface area contributed by atoms with Gasteiger partial charge in [0.15, 0.2) is 0 Å². The average molecular weight is 261 g/mol. The van der Waals surface area contributed by atoms with E-state index in [1.807, 2.05) is 6.92 Å². The Labute approximate surface area is 103 Å². The molecule has 0 aliphatic rings. The van der Waals surface area contributed by atoms with Crippen LogP contribution in [0.3, 0.4) is 0 Å². The number of carboxylic acids is 1. The molecule has 1 aromatic carbocycles. The Balaban J connectivity index is 2.87. The molecule has 0 amide bonds. The van der Waals surface area contributed by atoms with Crippen LogP contribution in [0, 0.1) is 0 Å². The largest absolute Gasteiger partial charge is 0.480 e. The number of nitrogens with one attached hydrogen (secondary N) is 1. The number of carbonyl (C=O) groups is 1. The van der Waals surface area contributed by atoms with E-state index in [1.54, 1.807) is 0 Å². The standard InChI is InChI=1S/C12H14F3NO2/c1-2-4-10(11(17)18)16-9-6-3-5-8(7-9)12(13,14)15/h3,5-7,10,16H,2,4H2,1H3,(H,17,18)/t10-/m0/s1. The van der Waals surface area contributed by atoms with E-state index in [0.29, 0.717) is 12.8 Å². The van der Waals surface area contributed by atoms with Crippen LogP contribution in [0.1, 0.15) is 25.3 Å². The minimum absolute atomic E-state index is 0.158.